The van der Waals surface area contributed by atoms with E-state index in [9.17, 15) is 19.2 Å². The number of nitrogens with one attached hydrogen (secondary N) is 1. The van der Waals surface area contributed by atoms with Gasteiger partial charge >= 0.3 is 12.1 Å². The van der Waals surface area contributed by atoms with Crippen LogP contribution < -0.4 is 10.2 Å². The average Bonchev–Trinajstić information content (AvgIpc) is 3.50. The number of aromatic nitrogens is 2. The zero-order valence-electron chi connectivity index (χ0n) is 27.5. The van der Waals surface area contributed by atoms with E-state index in [0.29, 0.717) is 31.3 Å². The van der Waals surface area contributed by atoms with E-state index in [4.69, 9.17) is 19.2 Å². The summed E-state index contributed by atoms with van der Waals surface area (Å²) in [6.07, 6.45) is 1.43. The van der Waals surface area contributed by atoms with Crippen molar-refractivity contribution in [1.29, 1.82) is 0 Å². The van der Waals surface area contributed by atoms with Crippen molar-refractivity contribution in [2.24, 2.45) is 0 Å². The van der Waals surface area contributed by atoms with Crippen molar-refractivity contribution in [1.82, 2.24) is 25.1 Å². The number of benzene rings is 1. The number of rotatable bonds is 11. The van der Waals surface area contributed by atoms with E-state index < -0.39 is 29.6 Å². The number of carbonyl (C=O) groups excluding carboxylic acids is 4. The molecule has 2 fully saturated rings. The average molecular weight is 639 g/mol. The van der Waals surface area contributed by atoms with Crippen molar-refractivity contribution in [3.63, 3.8) is 0 Å². The fourth-order valence-electron chi connectivity index (χ4n) is 5.61. The monoisotopic (exact) mass is 638 g/mol. The highest BCUT2D eigenvalue weighted by atomic mass is 16.6. The van der Waals surface area contributed by atoms with Gasteiger partial charge in [-0.3, -0.25) is 14.4 Å². The van der Waals surface area contributed by atoms with Crippen molar-refractivity contribution >= 4 is 29.7 Å². The second kappa shape index (κ2) is 15.8. The van der Waals surface area contributed by atoms with E-state index >= 15 is 0 Å². The van der Waals surface area contributed by atoms with Crippen LogP contribution >= 0.6 is 0 Å². The van der Waals surface area contributed by atoms with Crippen LogP contribution in [0, 0.1) is 0 Å². The van der Waals surface area contributed by atoms with Crippen LogP contribution in [0.25, 0.3) is 11.4 Å². The first-order valence-electron chi connectivity index (χ1n) is 15.9. The van der Waals surface area contributed by atoms with E-state index in [1.54, 1.807) is 50.7 Å². The number of ether oxygens (including phenoxy) is 3. The van der Waals surface area contributed by atoms with Gasteiger partial charge < -0.3 is 34.2 Å². The lowest BCUT2D eigenvalue weighted by molar-refractivity contribution is -0.155. The third-order valence-electron chi connectivity index (χ3n) is 7.79. The zero-order valence-corrected chi connectivity index (χ0v) is 27.5. The normalized spacial score (nSPS) is 17.4. The van der Waals surface area contributed by atoms with Gasteiger partial charge in [-0.1, -0.05) is 30.3 Å². The standard InChI is InChI=1S/C33H46N6O7/c1-6-45-32(43)38-19-17-37(18-20-38)31(42)25(14-15-28(40)46-33(2,3)4)35-30(41)26-21-27(39-16-10-13-24(39)22-44-5)36-29(34-26)23-11-8-7-9-12-23/h7-9,11-12,21,24-25H,6,10,13-20,22H2,1-5H3,(H,35,41)/t24-,25-/m0/s1. The van der Waals surface area contributed by atoms with Gasteiger partial charge in [0.25, 0.3) is 5.91 Å². The summed E-state index contributed by atoms with van der Waals surface area (Å²) in [5, 5.41) is 2.86. The van der Waals surface area contributed by atoms with E-state index in [1.807, 2.05) is 30.3 Å². The van der Waals surface area contributed by atoms with Crippen LogP contribution in [0.15, 0.2) is 36.4 Å². The number of piperazine rings is 1. The SMILES string of the molecule is CCOC(=O)N1CCN(C(=O)[C@H](CCC(=O)OC(C)(C)C)NC(=O)c2cc(N3CCC[C@H]3COC)nc(-c3ccccc3)n2)CC1. The zero-order chi connectivity index (χ0) is 33.3. The number of methoxy groups -OCH3 is 1. The third kappa shape index (κ3) is 9.38. The molecule has 2 saturated heterocycles. The summed E-state index contributed by atoms with van der Waals surface area (Å²) in [6, 6.07) is 10.1. The Morgan fingerprint density at radius 3 is 2.35 bits per heavy atom. The molecule has 0 bridgehead atoms. The summed E-state index contributed by atoms with van der Waals surface area (Å²) in [6.45, 7) is 9.72. The van der Waals surface area contributed by atoms with Crippen molar-refractivity contribution in [2.45, 2.75) is 71.1 Å². The Bertz CT molecular complexity index is 1360. The number of carbonyl (C=O) groups is 4. The molecule has 0 unspecified atom stereocenters. The van der Waals surface area contributed by atoms with Gasteiger partial charge in [0.2, 0.25) is 5.91 Å². The van der Waals surface area contributed by atoms with Crippen LogP contribution in [0.4, 0.5) is 10.6 Å². The van der Waals surface area contributed by atoms with E-state index in [-0.39, 0.29) is 50.2 Å². The first-order valence-corrected chi connectivity index (χ1v) is 15.9. The lowest BCUT2D eigenvalue weighted by Crippen LogP contribution is -2.56. The summed E-state index contributed by atoms with van der Waals surface area (Å²) in [5.41, 5.74) is 0.164. The predicted molar refractivity (Wildman–Crippen MR) is 171 cm³/mol. The van der Waals surface area contributed by atoms with Crippen molar-refractivity contribution in [3.05, 3.63) is 42.1 Å². The van der Waals surface area contributed by atoms with E-state index in [2.05, 4.69) is 15.2 Å². The summed E-state index contributed by atoms with van der Waals surface area (Å²) < 4.78 is 16.0. The highest BCUT2D eigenvalue weighted by Gasteiger charge is 2.33. The fraction of sp³-hybridized carbons (Fsp3) is 0.576. The largest absolute Gasteiger partial charge is 0.460 e. The lowest BCUT2D eigenvalue weighted by atomic mass is 10.1. The molecule has 46 heavy (non-hydrogen) atoms. The van der Waals surface area contributed by atoms with E-state index in [0.717, 1.165) is 24.9 Å². The van der Waals surface area contributed by atoms with Gasteiger partial charge in [-0.15, -0.1) is 0 Å². The Morgan fingerprint density at radius 2 is 1.70 bits per heavy atom. The highest BCUT2D eigenvalue weighted by molar-refractivity contribution is 5.97. The minimum atomic E-state index is -1.03. The maximum Gasteiger partial charge on any atom is 0.409 e. The Hall–Kier alpha value is -4.26. The molecule has 3 heterocycles. The third-order valence-corrected chi connectivity index (χ3v) is 7.79. The molecule has 1 N–H and O–H groups in total. The molecular weight excluding hydrogens is 592 g/mol. The Morgan fingerprint density at radius 1 is 1.00 bits per heavy atom. The molecule has 0 saturated carbocycles. The van der Waals surface area contributed by atoms with Crippen LogP contribution in [0.1, 0.15) is 63.9 Å². The molecular formula is C33H46N6O7. The topological polar surface area (TPSA) is 144 Å². The molecule has 2 aliphatic heterocycles. The molecule has 2 aliphatic rings. The first-order chi connectivity index (χ1) is 22.0. The molecule has 2 atom stereocenters. The van der Waals surface area contributed by atoms with Crippen LogP contribution in [-0.4, -0.2) is 114 Å². The molecule has 1 aromatic heterocycles. The van der Waals surface area contributed by atoms with Gasteiger partial charge in [-0.2, -0.15) is 0 Å². The van der Waals surface area contributed by atoms with Gasteiger partial charge in [-0.25, -0.2) is 14.8 Å². The number of nitrogens with zero attached hydrogens (tertiary/aromatic N) is 5. The van der Waals surface area contributed by atoms with Crippen LogP contribution in [0.3, 0.4) is 0 Å². The van der Waals surface area contributed by atoms with Crippen LogP contribution in [0.5, 0.6) is 0 Å². The molecule has 3 amide bonds. The Kier molecular flexibility index (Phi) is 11.9. The van der Waals surface area contributed by atoms with Crippen LogP contribution in [-0.2, 0) is 23.8 Å². The Balaban J connectivity index is 1.58. The lowest BCUT2D eigenvalue weighted by Gasteiger charge is -2.36. The number of amides is 3. The maximum absolute atomic E-state index is 13.9. The van der Waals surface area contributed by atoms with E-state index in [1.165, 1.54) is 0 Å². The number of esters is 1. The molecule has 250 valence electrons. The number of hydrogen-bond donors (Lipinski definition) is 1. The van der Waals surface area contributed by atoms with Gasteiger partial charge in [0.05, 0.1) is 19.3 Å². The number of anilines is 1. The minimum absolute atomic E-state index is 0.0309. The minimum Gasteiger partial charge on any atom is -0.460 e. The fourth-order valence-corrected chi connectivity index (χ4v) is 5.61. The summed E-state index contributed by atoms with van der Waals surface area (Å²) in [4.78, 5) is 67.2. The highest BCUT2D eigenvalue weighted by Crippen LogP contribution is 2.27. The maximum atomic E-state index is 13.9. The molecule has 0 spiro atoms. The second-order valence-corrected chi connectivity index (χ2v) is 12.4. The van der Waals surface area contributed by atoms with Crippen molar-refractivity contribution in [2.75, 3.05) is 57.9 Å². The van der Waals surface area contributed by atoms with Gasteiger partial charge in [0, 0.05) is 57.9 Å². The quantitative estimate of drug-likeness (QED) is 0.364. The summed E-state index contributed by atoms with van der Waals surface area (Å²) in [5.74, 6) is -0.391. The van der Waals surface area contributed by atoms with Gasteiger partial charge in [0.1, 0.15) is 23.2 Å². The molecule has 2 aromatic rings. The molecule has 1 aromatic carbocycles. The molecule has 4 rings (SSSR count). The molecule has 0 radical (unpaired) electrons. The molecule has 13 nitrogen and oxygen atoms in total. The van der Waals surface area contributed by atoms with Crippen LogP contribution in [0.2, 0.25) is 0 Å². The second-order valence-electron chi connectivity index (χ2n) is 12.4. The Labute approximate surface area is 270 Å². The van der Waals surface area contributed by atoms with Crippen molar-refractivity contribution in [3.8, 4) is 11.4 Å². The van der Waals surface area contributed by atoms with Crippen molar-refractivity contribution < 1.29 is 33.4 Å². The first kappa shape index (κ1) is 34.6. The molecule has 13 heteroatoms. The number of hydrogen-bond acceptors (Lipinski definition) is 10. The van der Waals surface area contributed by atoms with Gasteiger partial charge in [-0.05, 0) is 47.0 Å². The summed E-state index contributed by atoms with van der Waals surface area (Å²) >= 11 is 0. The molecule has 0 aliphatic carbocycles. The van der Waals surface area contributed by atoms with Gasteiger partial charge in [0.15, 0.2) is 5.82 Å². The predicted octanol–water partition coefficient (Wildman–Crippen LogP) is 3.28. The summed E-state index contributed by atoms with van der Waals surface area (Å²) in [7, 11) is 1.66. The smallest absolute Gasteiger partial charge is 0.409 e.